The van der Waals surface area contributed by atoms with Crippen LogP contribution in [0.1, 0.15) is 24.8 Å². The molecular formula is C24H30N4O3. The molecular weight excluding hydrogens is 392 g/mol. The van der Waals surface area contributed by atoms with E-state index in [4.69, 9.17) is 0 Å². The summed E-state index contributed by atoms with van der Waals surface area (Å²) in [5, 5.41) is 15.5. The Hall–Kier alpha value is -2.90. The van der Waals surface area contributed by atoms with E-state index < -0.39 is 0 Å². The normalized spacial score (nSPS) is 24.3. The number of carbonyl (C=O) groups excluding carboxylic acids is 2. The predicted octanol–water partition coefficient (Wildman–Crippen LogP) is 2.18. The van der Waals surface area contributed by atoms with Gasteiger partial charge in [0, 0.05) is 43.8 Å². The third-order valence-electron chi connectivity index (χ3n) is 6.43. The second kappa shape index (κ2) is 9.49. The Morgan fingerprint density at radius 2 is 1.90 bits per heavy atom. The molecule has 0 radical (unpaired) electrons. The van der Waals surface area contributed by atoms with Crippen molar-refractivity contribution in [1.29, 1.82) is 0 Å². The summed E-state index contributed by atoms with van der Waals surface area (Å²) in [4.78, 5) is 29.8. The number of para-hydroxylation sites is 1. The lowest BCUT2D eigenvalue weighted by molar-refractivity contribution is -0.126. The number of carbonyl (C=O) groups is 2. The Labute approximate surface area is 183 Å². The number of benzene rings is 2. The molecule has 2 heterocycles. The largest absolute Gasteiger partial charge is 0.508 e. The van der Waals surface area contributed by atoms with Crippen molar-refractivity contribution < 1.29 is 14.7 Å². The number of rotatable bonds is 6. The van der Waals surface area contributed by atoms with E-state index in [1.54, 1.807) is 12.1 Å². The minimum Gasteiger partial charge on any atom is -0.508 e. The minimum atomic E-state index is -0.207. The van der Waals surface area contributed by atoms with Gasteiger partial charge >= 0.3 is 0 Å². The summed E-state index contributed by atoms with van der Waals surface area (Å²) < 4.78 is 0. The zero-order chi connectivity index (χ0) is 21.8. The molecule has 2 aromatic rings. The van der Waals surface area contributed by atoms with Crippen molar-refractivity contribution >= 4 is 17.5 Å². The first-order valence-corrected chi connectivity index (χ1v) is 10.9. The second-order valence-corrected chi connectivity index (χ2v) is 8.46. The van der Waals surface area contributed by atoms with Gasteiger partial charge in [0.15, 0.2) is 0 Å². The Balaban J connectivity index is 1.36. The molecule has 7 nitrogen and oxygen atoms in total. The maximum absolute atomic E-state index is 12.9. The van der Waals surface area contributed by atoms with Gasteiger partial charge in [-0.25, -0.2) is 0 Å². The maximum Gasteiger partial charge on any atom is 0.239 e. The first kappa shape index (κ1) is 21.3. The van der Waals surface area contributed by atoms with E-state index in [0.29, 0.717) is 25.9 Å². The fraction of sp³-hybridized carbons (Fsp3) is 0.417. The van der Waals surface area contributed by atoms with Gasteiger partial charge in [0.2, 0.25) is 11.8 Å². The molecule has 0 bridgehead atoms. The highest BCUT2D eigenvalue weighted by Crippen LogP contribution is 2.29. The van der Waals surface area contributed by atoms with Crippen molar-refractivity contribution in [2.75, 3.05) is 25.5 Å². The highest BCUT2D eigenvalue weighted by atomic mass is 16.3. The molecule has 2 aromatic carbocycles. The van der Waals surface area contributed by atoms with Crippen LogP contribution < -0.4 is 10.6 Å². The Morgan fingerprint density at radius 3 is 2.65 bits per heavy atom. The van der Waals surface area contributed by atoms with Gasteiger partial charge in [0.1, 0.15) is 11.8 Å². The van der Waals surface area contributed by atoms with E-state index >= 15 is 0 Å². The van der Waals surface area contributed by atoms with Crippen LogP contribution in [-0.2, 0) is 16.1 Å². The van der Waals surface area contributed by atoms with Crippen LogP contribution in [0, 0.1) is 0 Å². The monoisotopic (exact) mass is 422 g/mol. The van der Waals surface area contributed by atoms with Crippen LogP contribution in [0.4, 0.5) is 5.69 Å². The lowest BCUT2D eigenvalue weighted by Gasteiger charge is -2.33. The van der Waals surface area contributed by atoms with Crippen molar-refractivity contribution in [2.45, 2.75) is 43.9 Å². The van der Waals surface area contributed by atoms with Crippen molar-refractivity contribution in [3.05, 3.63) is 60.2 Å². The number of phenolic OH excluding ortho intramolecular Hbond substituents is 1. The Kier molecular flexibility index (Phi) is 6.53. The number of aromatic hydroxyl groups is 1. The molecule has 3 N–H and O–H groups in total. The summed E-state index contributed by atoms with van der Waals surface area (Å²) in [5.41, 5.74) is 1.88. The van der Waals surface area contributed by atoms with Crippen molar-refractivity contribution in [2.24, 2.45) is 0 Å². The summed E-state index contributed by atoms with van der Waals surface area (Å²) in [7, 11) is 2.07. The molecule has 3 atom stereocenters. The number of nitrogens with one attached hydrogen (secondary N) is 2. The highest BCUT2D eigenvalue weighted by molar-refractivity contribution is 5.90. The standard InChI is InChI=1S/C24H30N4O3/c1-27-19(9-12-22(30)26-18-5-3-2-4-6-18)15-25-24(31)23-21(27)13-14-28(23)16-17-7-10-20(29)11-8-17/h2-8,10-11,19,21,23,29H,9,12-16H2,1H3,(H,25,31)(H,26,30). The lowest BCUT2D eigenvalue weighted by atomic mass is 10.0. The Morgan fingerprint density at radius 1 is 1.16 bits per heavy atom. The van der Waals surface area contributed by atoms with Crippen LogP contribution in [0.2, 0.25) is 0 Å². The molecule has 7 heteroatoms. The summed E-state index contributed by atoms with van der Waals surface area (Å²) in [6, 6.07) is 16.7. The van der Waals surface area contributed by atoms with Gasteiger partial charge in [-0.3, -0.25) is 19.4 Å². The number of amides is 2. The van der Waals surface area contributed by atoms with E-state index in [-0.39, 0.29) is 35.7 Å². The van der Waals surface area contributed by atoms with Crippen LogP contribution in [0.3, 0.4) is 0 Å². The SMILES string of the molecule is CN1C(CCC(=O)Nc2ccccc2)CNC(=O)C2C1CCN2Cc1ccc(O)cc1. The fourth-order valence-corrected chi connectivity index (χ4v) is 4.70. The molecule has 0 aromatic heterocycles. The Bertz CT molecular complexity index is 903. The van der Waals surface area contributed by atoms with Crippen molar-refractivity contribution in [1.82, 2.24) is 15.1 Å². The number of hydrogen-bond acceptors (Lipinski definition) is 5. The van der Waals surface area contributed by atoms with Crippen LogP contribution in [-0.4, -0.2) is 65.0 Å². The molecule has 2 aliphatic heterocycles. The molecule has 3 unspecified atom stereocenters. The van der Waals surface area contributed by atoms with E-state index in [9.17, 15) is 14.7 Å². The van der Waals surface area contributed by atoms with Crippen LogP contribution >= 0.6 is 0 Å². The molecule has 0 spiro atoms. The smallest absolute Gasteiger partial charge is 0.239 e. The topological polar surface area (TPSA) is 84.9 Å². The summed E-state index contributed by atoms with van der Waals surface area (Å²) in [5.74, 6) is 0.297. The first-order chi connectivity index (χ1) is 15.0. The zero-order valence-corrected chi connectivity index (χ0v) is 17.8. The number of hydrogen-bond donors (Lipinski definition) is 3. The minimum absolute atomic E-state index is 0.00731. The average molecular weight is 423 g/mol. The van der Waals surface area contributed by atoms with Crippen molar-refractivity contribution in [3.63, 3.8) is 0 Å². The van der Waals surface area contributed by atoms with Gasteiger partial charge in [0.05, 0.1) is 0 Å². The van der Waals surface area contributed by atoms with E-state index in [1.807, 2.05) is 42.5 Å². The molecule has 0 aliphatic carbocycles. The van der Waals surface area contributed by atoms with Gasteiger partial charge in [0.25, 0.3) is 0 Å². The highest BCUT2D eigenvalue weighted by Gasteiger charge is 2.44. The van der Waals surface area contributed by atoms with Crippen molar-refractivity contribution in [3.8, 4) is 5.75 Å². The van der Waals surface area contributed by atoms with E-state index in [0.717, 1.165) is 24.2 Å². The first-order valence-electron chi connectivity index (χ1n) is 10.9. The molecule has 4 rings (SSSR count). The average Bonchev–Trinajstić information content (AvgIpc) is 3.14. The molecule has 0 saturated carbocycles. The van der Waals surface area contributed by atoms with Crippen LogP contribution in [0.5, 0.6) is 5.75 Å². The molecule has 164 valence electrons. The molecule has 2 saturated heterocycles. The number of nitrogens with zero attached hydrogens (tertiary/aromatic N) is 2. The summed E-state index contributed by atoms with van der Waals surface area (Å²) in [6.45, 7) is 2.07. The fourth-order valence-electron chi connectivity index (χ4n) is 4.70. The van der Waals surface area contributed by atoms with E-state index in [1.165, 1.54) is 0 Å². The van der Waals surface area contributed by atoms with Gasteiger partial charge in [-0.1, -0.05) is 30.3 Å². The number of anilines is 1. The van der Waals surface area contributed by atoms with Gasteiger partial charge < -0.3 is 15.7 Å². The molecule has 2 fully saturated rings. The van der Waals surface area contributed by atoms with Gasteiger partial charge in [-0.2, -0.15) is 0 Å². The van der Waals surface area contributed by atoms with Gasteiger partial charge in [-0.05, 0) is 49.7 Å². The zero-order valence-electron chi connectivity index (χ0n) is 17.8. The number of fused-ring (bicyclic) bond motifs is 1. The quantitative estimate of drug-likeness (QED) is 0.665. The van der Waals surface area contributed by atoms with Gasteiger partial charge in [-0.15, -0.1) is 0 Å². The third kappa shape index (κ3) is 5.06. The molecule has 31 heavy (non-hydrogen) atoms. The lowest BCUT2D eigenvalue weighted by Crippen LogP contribution is -2.49. The summed E-state index contributed by atoms with van der Waals surface area (Å²) in [6.07, 6.45) is 2.02. The number of likely N-dealkylation sites (tertiary alicyclic amines) is 1. The number of phenols is 1. The molecule has 2 aliphatic rings. The van der Waals surface area contributed by atoms with Crippen LogP contribution in [0.15, 0.2) is 54.6 Å². The third-order valence-corrected chi connectivity index (χ3v) is 6.43. The maximum atomic E-state index is 12.9. The number of likely N-dealkylation sites (N-methyl/N-ethyl adjacent to an activating group) is 1. The van der Waals surface area contributed by atoms with E-state index in [2.05, 4.69) is 27.5 Å². The summed E-state index contributed by atoms with van der Waals surface area (Å²) >= 11 is 0. The second-order valence-electron chi connectivity index (χ2n) is 8.46. The van der Waals surface area contributed by atoms with Crippen LogP contribution in [0.25, 0.3) is 0 Å². The molecule has 2 amide bonds. The predicted molar refractivity (Wildman–Crippen MR) is 120 cm³/mol.